The van der Waals surface area contributed by atoms with Crippen LogP contribution in [0.25, 0.3) is 0 Å². The number of nitrogens with one attached hydrogen (secondary N) is 1. The van der Waals surface area contributed by atoms with Crippen LogP contribution in [-0.4, -0.2) is 38.9 Å². The highest BCUT2D eigenvalue weighted by Gasteiger charge is 2.28. The molecule has 1 unspecified atom stereocenters. The molecule has 0 spiro atoms. The summed E-state index contributed by atoms with van der Waals surface area (Å²) in [6.45, 7) is 1.76. The maximum atomic E-state index is 12.9. The Morgan fingerprint density at radius 2 is 1.89 bits per heavy atom. The molecule has 1 fully saturated rings. The van der Waals surface area contributed by atoms with Gasteiger partial charge in [-0.1, -0.05) is 0 Å². The van der Waals surface area contributed by atoms with Crippen molar-refractivity contribution in [2.75, 3.05) is 20.1 Å². The molecule has 0 radical (unpaired) electrons. The van der Waals surface area contributed by atoms with Crippen molar-refractivity contribution in [2.45, 2.75) is 30.2 Å². The van der Waals surface area contributed by atoms with E-state index in [1.165, 1.54) is 28.6 Å². The molecule has 1 aromatic carbocycles. The van der Waals surface area contributed by atoms with Crippen molar-refractivity contribution in [1.82, 2.24) is 9.62 Å². The highest BCUT2D eigenvalue weighted by Crippen LogP contribution is 2.21. The Morgan fingerprint density at radius 1 is 1.21 bits per heavy atom. The quantitative estimate of drug-likeness (QED) is 0.918. The second kappa shape index (κ2) is 5.98. The van der Waals surface area contributed by atoms with Crippen molar-refractivity contribution >= 4 is 10.0 Å². The first-order chi connectivity index (χ1) is 9.01. The molecule has 1 atom stereocenters. The van der Waals surface area contributed by atoms with Crippen LogP contribution in [0, 0.1) is 5.82 Å². The minimum atomic E-state index is -3.53. The standard InChI is InChI=1S/C13H19FN2O2S/c1-16(12-3-2-9-15-10-8-12)19(17,18)13-6-4-11(14)5-7-13/h4-7,12,15H,2-3,8-10H2,1H3. The molecule has 1 N–H and O–H groups in total. The molecular formula is C13H19FN2O2S. The Morgan fingerprint density at radius 3 is 2.58 bits per heavy atom. The van der Waals surface area contributed by atoms with E-state index in [-0.39, 0.29) is 10.9 Å². The third-order valence-corrected chi connectivity index (χ3v) is 5.47. The molecule has 1 aliphatic heterocycles. The second-order valence-corrected chi connectivity index (χ2v) is 6.81. The summed E-state index contributed by atoms with van der Waals surface area (Å²) in [5, 5.41) is 3.26. The van der Waals surface area contributed by atoms with Crippen LogP contribution in [0.4, 0.5) is 4.39 Å². The molecule has 19 heavy (non-hydrogen) atoms. The van der Waals surface area contributed by atoms with Gasteiger partial charge < -0.3 is 5.32 Å². The summed E-state index contributed by atoms with van der Waals surface area (Å²) < 4.78 is 39.2. The molecule has 0 aromatic heterocycles. The Labute approximate surface area is 113 Å². The van der Waals surface area contributed by atoms with Gasteiger partial charge in [0.25, 0.3) is 0 Å². The molecule has 2 rings (SSSR count). The van der Waals surface area contributed by atoms with Crippen molar-refractivity contribution in [3.63, 3.8) is 0 Å². The summed E-state index contributed by atoms with van der Waals surface area (Å²) in [5.74, 6) is -0.430. The van der Waals surface area contributed by atoms with Crippen LogP contribution in [-0.2, 0) is 10.0 Å². The van der Waals surface area contributed by atoms with E-state index in [9.17, 15) is 12.8 Å². The average molecular weight is 286 g/mol. The zero-order valence-electron chi connectivity index (χ0n) is 11.0. The highest BCUT2D eigenvalue weighted by molar-refractivity contribution is 7.89. The minimum Gasteiger partial charge on any atom is -0.317 e. The van der Waals surface area contributed by atoms with Crippen LogP contribution in [0.5, 0.6) is 0 Å². The van der Waals surface area contributed by atoms with Gasteiger partial charge in [0.15, 0.2) is 0 Å². The molecule has 6 heteroatoms. The van der Waals surface area contributed by atoms with Gasteiger partial charge in [-0.25, -0.2) is 12.8 Å². The summed E-state index contributed by atoms with van der Waals surface area (Å²) in [6, 6.07) is 4.99. The monoisotopic (exact) mass is 286 g/mol. The van der Waals surface area contributed by atoms with Gasteiger partial charge in [-0.15, -0.1) is 0 Å². The van der Waals surface area contributed by atoms with Gasteiger partial charge >= 0.3 is 0 Å². The molecule has 1 saturated heterocycles. The molecule has 0 aliphatic carbocycles. The number of hydrogen-bond acceptors (Lipinski definition) is 3. The van der Waals surface area contributed by atoms with E-state index in [0.29, 0.717) is 0 Å². The first-order valence-electron chi connectivity index (χ1n) is 6.46. The van der Waals surface area contributed by atoms with Gasteiger partial charge in [-0.3, -0.25) is 0 Å². The van der Waals surface area contributed by atoms with Crippen LogP contribution >= 0.6 is 0 Å². The van der Waals surface area contributed by atoms with Crippen molar-refractivity contribution in [1.29, 1.82) is 0 Å². The van der Waals surface area contributed by atoms with Crippen molar-refractivity contribution in [3.05, 3.63) is 30.1 Å². The first kappa shape index (κ1) is 14.4. The summed E-state index contributed by atoms with van der Waals surface area (Å²) in [7, 11) is -1.93. The summed E-state index contributed by atoms with van der Waals surface area (Å²) in [4.78, 5) is 0.147. The number of benzene rings is 1. The van der Waals surface area contributed by atoms with Crippen LogP contribution in [0.3, 0.4) is 0 Å². The topological polar surface area (TPSA) is 49.4 Å². The number of rotatable bonds is 3. The second-order valence-electron chi connectivity index (χ2n) is 4.81. The lowest BCUT2D eigenvalue weighted by atomic mass is 10.1. The van der Waals surface area contributed by atoms with E-state index >= 15 is 0 Å². The maximum absolute atomic E-state index is 12.9. The highest BCUT2D eigenvalue weighted by atomic mass is 32.2. The van der Waals surface area contributed by atoms with Crippen LogP contribution < -0.4 is 5.32 Å². The molecular weight excluding hydrogens is 267 g/mol. The Hall–Kier alpha value is -0.980. The Bertz CT molecular complexity index is 508. The maximum Gasteiger partial charge on any atom is 0.243 e. The Balaban J connectivity index is 2.20. The van der Waals surface area contributed by atoms with Gasteiger partial charge in [-0.2, -0.15) is 4.31 Å². The fourth-order valence-electron chi connectivity index (χ4n) is 2.33. The average Bonchev–Trinajstić information content (AvgIpc) is 2.67. The number of nitrogens with zero attached hydrogens (tertiary/aromatic N) is 1. The normalized spacial score (nSPS) is 21.3. The summed E-state index contributed by atoms with van der Waals surface area (Å²) >= 11 is 0. The fourth-order valence-corrected chi connectivity index (χ4v) is 3.75. The van der Waals surface area contributed by atoms with Crippen molar-refractivity contribution in [3.8, 4) is 0 Å². The Kier molecular flexibility index (Phi) is 4.54. The molecule has 0 amide bonds. The summed E-state index contributed by atoms with van der Waals surface area (Å²) in [6.07, 6.45) is 2.62. The van der Waals surface area contributed by atoms with Crippen LogP contribution in [0.2, 0.25) is 0 Å². The lowest BCUT2D eigenvalue weighted by molar-refractivity contribution is 0.341. The number of hydrogen-bond donors (Lipinski definition) is 1. The molecule has 1 aliphatic rings. The molecule has 4 nitrogen and oxygen atoms in total. The SMILES string of the molecule is CN(C1CCCNCC1)S(=O)(=O)c1ccc(F)cc1. The van der Waals surface area contributed by atoms with E-state index in [1.54, 1.807) is 7.05 Å². The smallest absolute Gasteiger partial charge is 0.243 e. The predicted molar refractivity (Wildman–Crippen MR) is 71.9 cm³/mol. The largest absolute Gasteiger partial charge is 0.317 e. The van der Waals surface area contributed by atoms with Gasteiger partial charge in [-0.05, 0) is 56.6 Å². The first-order valence-corrected chi connectivity index (χ1v) is 7.90. The van der Waals surface area contributed by atoms with Gasteiger partial charge in [0.2, 0.25) is 10.0 Å². The fraction of sp³-hybridized carbons (Fsp3) is 0.538. The number of sulfonamides is 1. The van der Waals surface area contributed by atoms with E-state index < -0.39 is 15.8 Å². The van der Waals surface area contributed by atoms with Crippen LogP contribution in [0.1, 0.15) is 19.3 Å². The third-order valence-electron chi connectivity index (χ3n) is 3.55. The van der Waals surface area contributed by atoms with Crippen molar-refractivity contribution in [2.24, 2.45) is 0 Å². The molecule has 1 heterocycles. The third kappa shape index (κ3) is 3.32. The molecule has 1 aromatic rings. The van der Waals surface area contributed by atoms with E-state index in [1.807, 2.05) is 0 Å². The van der Waals surface area contributed by atoms with Gasteiger partial charge in [0, 0.05) is 13.1 Å². The lowest BCUT2D eigenvalue weighted by Gasteiger charge is -2.26. The van der Waals surface area contributed by atoms with Crippen LogP contribution in [0.15, 0.2) is 29.2 Å². The van der Waals surface area contributed by atoms with E-state index in [2.05, 4.69) is 5.32 Å². The zero-order chi connectivity index (χ0) is 13.9. The predicted octanol–water partition coefficient (Wildman–Crippen LogP) is 1.59. The zero-order valence-corrected chi connectivity index (χ0v) is 11.8. The molecule has 106 valence electrons. The van der Waals surface area contributed by atoms with E-state index in [0.717, 1.165) is 32.4 Å². The van der Waals surface area contributed by atoms with Crippen molar-refractivity contribution < 1.29 is 12.8 Å². The summed E-state index contributed by atoms with van der Waals surface area (Å²) in [5.41, 5.74) is 0. The lowest BCUT2D eigenvalue weighted by Crippen LogP contribution is -2.37. The molecule has 0 saturated carbocycles. The number of halogens is 1. The van der Waals surface area contributed by atoms with Gasteiger partial charge in [0.1, 0.15) is 5.82 Å². The minimum absolute atomic E-state index is 0.00468. The molecule has 0 bridgehead atoms. The van der Waals surface area contributed by atoms with E-state index in [4.69, 9.17) is 0 Å². The van der Waals surface area contributed by atoms with Gasteiger partial charge in [0.05, 0.1) is 4.90 Å².